The highest BCUT2D eigenvalue weighted by Crippen LogP contribution is 2.29. The van der Waals surface area contributed by atoms with E-state index < -0.39 is 4.92 Å². The van der Waals surface area contributed by atoms with Crippen LogP contribution >= 0.6 is 0 Å². The Labute approximate surface area is 159 Å². The summed E-state index contributed by atoms with van der Waals surface area (Å²) in [6, 6.07) is 16.1. The maximum Gasteiger partial charge on any atom is 0.269 e. The maximum absolute atomic E-state index is 10.8. The van der Waals surface area contributed by atoms with Gasteiger partial charge in [0.1, 0.15) is 5.76 Å². The van der Waals surface area contributed by atoms with Crippen LogP contribution in [0.1, 0.15) is 18.4 Å². The summed E-state index contributed by atoms with van der Waals surface area (Å²) in [5.74, 6) is 1.89. The van der Waals surface area contributed by atoms with Crippen LogP contribution in [0.3, 0.4) is 0 Å². The Morgan fingerprint density at radius 3 is 2.54 bits per heavy atom. The Kier molecular flexibility index (Phi) is 3.79. The van der Waals surface area contributed by atoms with Crippen molar-refractivity contribution in [1.82, 2.24) is 9.97 Å². The number of non-ortho nitro benzene ring substituents is 1. The van der Waals surface area contributed by atoms with Gasteiger partial charge in [0.15, 0.2) is 11.6 Å². The predicted molar refractivity (Wildman–Crippen MR) is 107 cm³/mol. The molecule has 1 aliphatic rings. The molecule has 4 aromatic rings. The van der Waals surface area contributed by atoms with Crippen LogP contribution in [0, 0.1) is 10.1 Å². The van der Waals surface area contributed by atoms with Crippen LogP contribution in [0.5, 0.6) is 0 Å². The number of furan rings is 1. The molecule has 1 N–H and O–H groups in total. The van der Waals surface area contributed by atoms with Crippen molar-refractivity contribution < 1.29 is 9.34 Å². The van der Waals surface area contributed by atoms with Gasteiger partial charge >= 0.3 is 0 Å². The summed E-state index contributed by atoms with van der Waals surface area (Å²) in [7, 11) is 0. The summed E-state index contributed by atoms with van der Waals surface area (Å²) in [6.07, 6.45) is 2.13. The second-order valence-corrected chi connectivity index (χ2v) is 6.72. The summed E-state index contributed by atoms with van der Waals surface area (Å²) in [4.78, 5) is 22.9. The molecule has 2 aromatic carbocycles. The normalized spacial score (nSPS) is 13.8. The molecule has 0 bridgehead atoms. The molecule has 0 spiro atoms. The van der Waals surface area contributed by atoms with E-state index in [4.69, 9.17) is 4.42 Å². The van der Waals surface area contributed by atoms with Crippen molar-refractivity contribution in [3.05, 3.63) is 70.3 Å². The quantitative estimate of drug-likeness (QED) is 0.403. The fourth-order valence-corrected chi connectivity index (χ4v) is 3.45. The summed E-state index contributed by atoms with van der Waals surface area (Å²) >= 11 is 0. The van der Waals surface area contributed by atoms with Crippen molar-refractivity contribution in [3.8, 4) is 22.9 Å². The number of aliphatic imine (C=N–C) groups is 1. The molecule has 7 heteroatoms. The SMILES string of the molecule is O=[N+]([O-])c1ccc(-c2ccc(-c3nc4ccc(C5=NCCC5)cc4[nH]3)o2)cc1. The molecule has 0 unspecified atom stereocenters. The lowest BCUT2D eigenvalue weighted by atomic mass is 10.1. The number of benzene rings is 2. The molecule has 28 heavy (non-hydrogen) atoms. The van der Waals surface area contributed by atoms with Crippen molar-refractivity contribution in [2.75, 3.05) is 6.54 Å². The fourth-order valence-electron chi connectivity index (χ4n) is 3.45. The molecule has 0 saturated heterocycles. The zero-order valence-electron chi connectivity index (χ0n) is 14.9. The average molecular weight is 372 g/mol. The van der Waals surface area contributed by atoms with E-state index in [-0.39, 0.29) is 5.69 Å². The molecule has 0 radical (unpaired) electrons. The van der Waals surface area contributed by atoms with Gasteiger partial charge in [-0.1, -0.05) is 6.07 Å². The molecule has 0 saturated carbocycles. The minimum atomic E-state index is -0.419. The lowest BCUT2D eigenvalue weighted by molar-refractivity contribution is -0.384. The van der Waals surface area contributed by atoms with Crippen LogP contribution in [0.15, 0.2) is 64.0 Å². The van der Waals surface area contributed by atoms with E-state index in [1.165, 1.54) is 12.1 Å². The molecular weight excluding hydrogens is 356 g/mol. The molecule has 138 valence electrons. The second-order valence-electron chi connectivity index (χ2n) is 6.72. The van der Waals surface area contributed by atoms with Gasteiger partial charge in [0, 0.05) is 30.0 Å². The maximum atomic E-state index is 10.8. The lowest BCUT2D eigenvalue weighted by Crippen LogP contribution is -1.95. The number of hydrogen-bond acceptors (Lipinski definition) is 5. The third kappa shape index (κ3) is 2.87. The minimum absolute atomic E-state index is 0.0514. The van der Waals surface area contributed by atoms with Crippen molar-refractivity contribution in [1.29, 1.82) is 0 Å². The van der Waals surface area contributed by atoms with Gasteiger partial charge in [-0.15, -0.1) is 0 Å². The van der Waals surface area contributed by atoms with Crippen LogP contribution < -0.4 is 0 Å². The lowest BCUT2D eigenvalue weighted by Gasteiger charge is -1.99. The summed E-state index contributed by atoms with van der Waals surface area (Å²) in [5, 5.41) is 10.8. The zero-order valence-corrected chi connectivity index (χ0v) is 14.9. The largest absolute Gasteiger partial charge is 0.453 e. The zero-order chi connectivity index (χ0) is 19.1. The van der Waals surface area contributed by atoms with Crippen LogP contribution in [-0.2, 0) is 0 Å². The first-order valence-electron chi connectivity index (χ1n) is 9.06. The Morgan fingerprint density at radius 2 is 1.79 bits per heavy atom. The number of nitrogens with zero attached hydrogens (tertiary/aromatic N) is 3. The van der Waals surface area contributed by atoms with E-state index in [2.05, 4.69) is 27.1 Å². The van der Waals surface area contributed by atoms with Crippen molar-refractivity contribution in [2.45, 2.75) is 12.8 Å². The topological polar surface area (TPSA) is 97.3 Å². The number of imidazole rings is 1. The average Bonchev–Trinajstić information content (AvgIpc) is 3.47. The number of fused-ring (bicyclic) bond motifs is 1. The van der Waals surface area contributed by atoms with Gasteiger partial charge in [0.05, 0.1) is 16.0 Å². The van der Waals surface area contributed by atoms with E-state index in [9.17, 15) is 10.1 Å². The highest BCUT2D eigenvalue weighted by atomic mass is 16.6. The molecule has 0 amide bonds. The number of H-pyrrole nitrogens is 1. The van der Waals surface area contributed by atoms with Crippen LogP contribution in [0.2, 0.25) is 0 Å². The molecule has 0 aliphatic carbocycles. The molecular formula is C21H16N4O3. The van der Waals surface area contributed by atoms with Crippen LogP contribution in [0.4, 0.5) is 5.69 Å². The van der Waals surface area contributed by atoms with E-state index in [0.717, 1.165) is 47.3 Å². The van der Waals surface area contributed by atoms with Crippen LogP contribution in [-0.4, -0.2) is 27.1 Å². The molecule has 1 aliphatic heterocycles. The smallest absolute Gasteiger partial charge is 0.269 e. The summed E-state index contributed by atoms with van der Waals surface area (Å²) < 4.78 is 5.93. The Bertz CT molecular complexity index is 1220. The standard InChI is InChI=1S/C21H16N4O3/c26-25(27)15-6-3-13(4-7-15)19-9-10-20(28-19)21-23-17-8-5-14(12-18(17)24-21)16-2-1-11-22-16/h3-10,12H,1-2,11H2,(H,23,24). The number of rotatable bonds is 4. The molecule has 0 fully saturated rings. The van der Waals surface area contributed by atoms with Crippen molar-refractivity contribution in [2.24, 2.45) is 4.99 Å². The third-order valence-corrected chi connectivity index (χ3v) is 4.89. The van der Waals surface area contributed by atoms with Crippen molar-refractivity contribution >= 4 is 22.4 Å². The first-order valence-corrected chi connectivity index (χ1v) is 9.06. The highest BCUT2D eigenvalue weighted by molar-refractivity contribution is 6.03. The van der Waals surface area contributed by atoms with Gasteiger partial charge in [0.25, 0.3) is 5.69 Å². The molecule has 5 rings (SSSR count). The molecule has 2 aromatic heterocycles. The number of hydrogen-bond donors (Lipinski definition) is 1. The Hall–Kier alpha value is -3.74. The molecule has 3 heterocycles. The predicted octanol–water partition coefficient (Wildman–Crippen LogP) is 4.98. The van der Waals surface area contributed by atoms with E-state index in [0.29, 0.717) is 17.3 Å². The highest BCUT2D eigenvalue weighted by Gasteiger charge is 2.14. The number of nitro groups is 1. The van der Waals surface area contributed by atoms with Crippen LogP contribution in [0.25, 0.3) is 33.9 Å². The van der Waals surface area contributed by atoms with E-state index in [1.807, 2.05) is 18.2 Å². The number of aromatic nitrogens is 2. The summed E-state index contributed by atoms with van der Waals surface area (Å²) in [6.45, 7) is 0.902. The fraction of sp³-hybridized carbons (Fsp3) is 0.143. The number of aromatic amines is 1. The third-order valence-electron chi connectivity index (χ3n) is 4.89. The van der Waals surface area contributed by atoms with Gasteiger partial charge in [0.2, 0.25) is 0 Å². The Morgan fingerprint density at radius 1 is 1.00 bits per heavy atom. The van der Waals surface area contributed by atoms with Crippen molar-refractivity contribution in [3.63, 3.8) is 0 Å². The first-order chi connectivity index (χ1) is 13.7. The Balaban J connectivity index is 1.46. The van der Waals surface area contributed by atoms with E-state index in [1.54, 1.807) is 12.1 Å². The van der Waals surface area contributed by atoms with Gasteiger partial charge in [-0.2, -0.15) is 0 Å². The summed E-state index contributed by atoms with van der Waals surface area (Å²) in [5.41, 5.74) is 4.91. The van der Waals surface area contributed by atoms with Gasteiger partial charge in [-0.05, 0) is 54.8 Å². The minimum Gasteiger partial charge on any atom is -0.453 e. The van der Waals surface area contributed by atoms with Gasteiger partial charge in [-0.25, -0.2) is 4.98 Å². The number of nitrogens with one attached hydrogen (secondary N) is 1. The number of nitro benzene ring substituents is 1. The monoisotopic (exact) mass is 372 g/mol. The molecule has 7 nitrogen and oxygen atoms in total. The van der Waals surface area contributed by atoms with Gasteiger partial charge in [-0.3, -0.25) is 15.1 Å². The van der Waals surface area contributed by atoms with E-state index >= 15 is 0 Å². The van der Waals surface area contributed by atoms with Gasteiger partial charge < -0.3 is 9.40 Å². The molecule has 0 atom stereocenters. The second kappa shape index (κ2) is 6.45. The first kappa shape index (κ1) is 16.4.